The van der Waals surface area contributed by atoms with E-state index in [2.05, 4.69) is 4.72 Å². The molecule has 0 bridgehead atoms. The van der Waals surface area contributed by atoms with Crippen molar-refractivity contribution in [2.45, 2.75) is 38.6 Å². The first-order valence-electron chi connectivity index (χ1n) is 7.00. The Labute approximate surface area is 126 Å². The lowest BCUT2D eigenvalue weighted by Gasteiger charge is -2.32. The van der Waals surface area contributed by atoms with E-state index in [4.69, 9.17) is 11.6 Å². The van der Waals surface area contributed by atoms with Crippen molar-refractivity contribution < 1.29 is 8.42 Å². The summed E-state index contributed by atoms with van der Waals surface area (Å²) in [6.45, 7) is 2.98. The van der Waals surface area contributed by atoms with Crippen molar-refractivity contribution in [3.63, 3.8) is 0 Å². The third-order valence-corrected chi connectivity index (χ3v) is 5.60. The molecule has 1 aromatic carbocycles. The molecule has 6 heteroatoms. The molecule has 0 spiro atoms. The molecular formula is C14H21ClN2O2S. The highest BCUT2D eigenvalue weighted by molar-refractivity contribution is 7.87. The van der Waals surface area contributed by atoms with Crippen LogP contribution in [0, 0.1) is 0 Å². The number of benzene rings is 1. The highest BCUT2D eigenvalue weighted by Crippen LogP contribution is 2.19. The molecule has 112 valence electrons. The summed E-state index contributed by atoms with van der Waals surface area (Å²) in [5.74, 6) is 0. The van der Waals surface area contributed by atoms with Crippen LogP contribution in [0.3, 0.4) is 0 Å². The number of piperidine rings is 1. The fraction of sp³-hybridized carbons (Fsp3) is 0.571. The van der Waals surface area contributed by atoms with Crippen molar-refractivity contribution in [3.05, 3.63) is 34.9 Å². The first kappa shape index (κ1) is 15.8. The minimum Gasteiger partial charge on any atom is -0.202 e. The average molecular weight is 317 g/mol. The molecular weight excluding hydrogens is 296 g/mol. The molecule has 1 aromatic rings. The van der Waals surface area contributed by atoms with E-state index >= 15 is 0 Å². The molecule has 0 radical (unpaired) electrons. The summed E-state index contributed by atoms with van der Waals surface area (Å²) in [5.41, 5.74) is 1.03. The number of rotatable bonds is 5. The van der Waals surface area contributed by atoms with Gasteiger partial charge >= 0.3 is 0 Å². The zero-order valence-electron chi connectivity index (χ0n) is 11.7. The summed E-state index contributed by atoms with van der Waals surface area (Å²) in [6, 6.07) is 7.58. The number of hydrogen-bond acceptors (Lipinski definition) is 2. The average Bonchev–Trinajstić information content (AvgIpc) is 2.39. The van der Waals surface area contributed by atoms with Gasteiger partial charge in [-0.1, -0.05) is 30.2 Å². The number of halogens is 1. The van der Waals surface area contributed by atoms with Crippen LogP contribution in [0.1, 0.15) is 31.7 Å². The summed E-state index contributed by atoms with van der Waals surface area (Å²) >= 11 is 5.91. The molecule has 0 amide bonds. The van der Waals surface area contributed by atoms with Crippen LogP contribution in [0.25, 0.3) is 0 Å². The lowest BCUT2D eigenvalue weighted by molar-refractivity contribution is 0.265. The molecule has 1 saturated heterocycles. The van der Waals surface area contributed by atoms with E-state index in [1.165, 1.54) is 0 Å². The second-order valence-corrected chi connectivity index (χ2v) is 7.38. The van der Waals surface area contributed by atoms with Gasteiger partial charge in [0.25, 0.3) is 10.2 Å². The van der Waals surface area contributed by atoms with Gasteiger partial charge in [0.2, 0.25) is 0 Å². The van der Waals surface area contributed by atoms with Gasteiger partial charge in [0.15, 0.2) is 0 Å². The van der Waals surface area contributed by atoms with Crippen LogP contribution in [0.5, 0.6) is 0 Å². The third kappa shape index (κ3) is 4.19. The lowest BCUT2D eigenvalue weighted by Crippen LogP contribution is -2.48. The van der Waals surface area contributed by atoms with Gasteiger partial charge in [-0.25, -0.2) is 4.72 Å². The molecule has 1 aliphatic rings. The number of hydrogen-bond donors (Lipinski definition) is 1. The maximum atomic E-state index is 12.2. The molecule has 1 fully saturated rings. The van der Waals surface area contributed by atoms with Gasteiger partial charge in [-0.2, -0.15) is 12.7 Å². The Balaban J connectivity index is 1.89. The molecule has 4 nitrogen and oxygen atoms in total. The van der Waals surface area contributed by atoms with Gasteiger partial charge in [0.05, 0.1) is 0 Å². The molecule has 0 saturated carbocycles. The molecule has 1 N–H and O–H groups in total. The lowest BCUT2D eigenvalue weighted by atomic mass is 10.1. The second-order valence-electron chi connectivity index (χ2n) is 5.23. The highest BCUT2D eigenvalue weighted by Gasteiger charge is 2.28. The Morgan fingerprint density at radius 3 is 2.90 bits per heavy atom. The number of nitrogens with one attached hydrogen (secondary N) is 1. The standard InChI is InChI=1S/C14H21ClN2O2S/c1-12-5-2-3-10-17(12)20(18,19)16-9-8-13-6-4-7-14(15)11-13/h4,6-7,11-12,16H,2-3,5,8-10H2,1H3/t12-/m1/s1. The van der Waals surface area contributed by atoms with Gasteiger partial charge in [0.1, 0.15) is 0 Å². The highest BCUT2D eigenvalue weighted by atomic mass is 35.5. The molecule has 20 heavy (non-hydrogen) atoms. The van der Waals surface area contributed by atoms with E-state index in [-0.39, 0.29) is 6.04 Å². The van der Waals surface area contributed by atoms with E-state index in [0.29, 0.717) is 24.5 Å². The van der Waals surface area contributed by atoms with Crippen LogP contribution in [0.4, 0.5) is 0 Å². The fourth-order valence-corrected chi connectivity index (χ4v) is 4.22. The number of nitrogens with zero attached hydrogens (tertiary/aromatic N) is 1. The fourth-order valence-electron chi connectivity index (χ4n) is 2.53. The van der Waals surface area contributed by atoms with Crippen molar-refractivity contribution in [1.82, 2.24) is 9.03 Å². The van der Waals surface area contributed by atoms with Crippen molar-refractivity contribution in [2.24, 2.45) is 0 Å². The summed E-state index contributed by atoms with van der Waals surface area (Å²) in [5, 5.41) is 0.676. The van der Waals surface area contributed by atoms with Crippen LogP contribution < -0.4 is 4.72 Å². The van der Waals surface area contributed by atoms with Crippen molar-refractivity contribution >= 4 is 21.8 Å². The van der Waals surface area contributed by atoms with Gasteiger partial charge in [-0.3, -0.25) is 0 Å². The summed E-state index contributed by atoms with van der Waals surface area (Å²) < 4.78 is 28.7. The van der Waals surface area contributed by atoms with Gasteiger partial charge < -0.3 is 0 Å². The molecule has 2 rings (SSSR count). The zero-order valence-corrected chi connectivity index (χ0v) is 13.3. The smallest absolute Gasteiger partial charge is 0.202 e. The molecule has 0 aromatic heterocycles. The Hall–Kier alpha value is -0.620. The molecule has 0 unspecified atom stereocenters. The van der Waals surface area contributed by atoms with E-state index in [9.17, 15) is 8.42 Å². The second kappa shape index (κ2) is 6.89. The maximum absolute atomic E-state index is 12.2. The van der Waals surface area contributed by atoms with Crippen molar-refractivity contribution in [3.8, 4) is 0 Å². The first-order chi connectivity index (χ1) is 9.49. The van der Waals surface area contributed by atoms with Gasteiger partial charge in [0, 0.05) is 24.2 Å². The molecule has 1 heterocycles. The normalized spacial score (nSPS) is 21.0. The van der Waals surface area contributed by atoms with Crippen LogP contribution in [0.2, 0.25) is 5.02 Å². The van der Waals surface area contributed by atoms with Crippen LogP contribution in [-0.4, -0.2) is 31.9 Å². The van der Waals surface area contributed by atoms with E-state index in [1.54, 1.807) is 4.31 Å². The molecule has 1 aliphatic heterocycles. The van der Waals surface area contributed by atoms with E-state index in [0.717, 1.165) is 24.8 Å². The SMILES string of the molecule is C[C@@H]1CCCCN1S(=O)(=O)NCCc1cccc(Cl)c1. The monoisotopic (exact) mass is 316 g/mol. The first-order valence-corrected chi connectivity index (χ1v) is 8.82. The Bertz CT molecular complexity index is 548. The van der Waals surface area contributed by atoms with Crippen LogP contribution in [0.15, 0.2) is 24.3 Å². The van der Waals surface area contributed by atoms with Gasteiger partial charge in [-0.05, 0) is 43.9 Å². The predicted octanol–water partition coefficient (Wildman–Crippen LogP) is 2.59. The van der Waals surface area contributed by atoms with E-state index < -0.39 is 10.2 Å². The van der Waals surface area contributed by atoms with Crippen LogP contribution >= 0.6 is 11.6 Å². The quantitative estimate of drug-likeness (QED) is 0.907. The maximum Gasteiger partial charge on any atom is 0.279 e. The Kier molecular flexibility index (Phi) is 5.43. The predicted molar refractivity (Wildman–Crippen MR) is 82.1 cm³/mol. The largest absolute Gasteiger partial charge is 0.279 e. The Morgan fingerprint density at radius 2 is 2.20 bits per heavy atom. The minimum absolute atomic E-state index is 0.0902. The van der Waals surface area contributed by atoms with Gasteiger partial charge in [-0.15, -0.1) is 0 Å². The summed E-state index contributed by atoms with van der Waals surface area (Å²) in [6.07, 6.45) is 3.63. The van der Waals surface area contributed by atoms with E-state index in [1.807, 2.05) is 31.2 Å². The molecule has 1 atom stereocenters. The molecule has 0 aliphatic carbocycles. The Morgan fingerprint density at radius 1 is 1.40 bits per heavy atom. The van der Waals surface area contributed by atoms with Crippen molar-refractivity contribution in [2.75, 3.05) is 13.1 Å². The summed E-state index contributed by atoms with van der Waals surface area (Å²) in [4.78, 5) is 0. The zero-order chi connectivity index (χ0) is 14.6. The summed E-state index contributed by atoms with van der Waals surface area (Å²) in [7, 11) is -3.36. The third-order valence-electron chi connectivity index (χ3n) is 3.64. The van der Waals surface area contributed by atoms with Crippen molar-refractivity contribution in [1.29, 1.82) is 0 Å². The minimum atomic E-state index is -3.36. The van der Waals surface area contributed by atoms with Crippen LogP contribution in [-0.2, 0) is 16.6 Å². The topological polar surface area (TPSA) is 49.4 Å².